The first kappa shape index (κ1) is 33.6. The fourth-order valence-electron chi connectivity index (χ4n) is 7.29. The average Bonchev–Trinajstić information content (AvgIpc) is 3.82. The molecule has 3 aromatic rings. The molecule has 6 rings (SSSR count). The topological polar surface area (TPSA) is 127 Å². The van der Waals surface area contributed by atoms with Crippen molar-refractivity contribution in [1.82, 2.24) is 30.6 Å². The van der Waals surface area contributed by atoms with Crippen LogP contribution in [-0.2, 0) is 9.59 Å². The Morgan fingerprint density at radius 3 is 2.57 bits per heavy atom. The third-order valence-electron chi connectivity index (χ3n) is 10.0. The van der Waals surface area contributed by atoms with E-state index in [1.807, 2.05) is 63.5 Å². The molecule has 254 valence electrons. The van der Waals surface area contributed by atoms with Crippen LogP contribution >= 0.6 is 11.3 Å². The van der Waals surface area contributed by atoms with Gasteiger partial charge in [-0.1, -0.05) is 43.3 Å². The average molecular weight is 664 g/mol. The van der Waals surface area contributed by atoms with Gasteiger partial charge in [0.15, 0.2) is 11.6 Å². The molecule has 47 heavy (non-hydrogen) atoms. The van der Waals surface area contributed by atoms with E-state index in [0.717, 1.165) is 79.2 Å². The molecule has 2 aromatic heterocycles. The number of carbonyl (C=O) groups excluding carboxylic acids is 2. The van der Waals surface area contributed by atoms with Gasteiger partial charge in [-0.2, -0.15) is 0 Å². The Morgan fingerprint density at radius 2 is 1.91 bits per heavy atom. The number of thiazole rings is 1. The van der Waals surface area contributed by atoms with Gasteiger partial charge in [-0.05, 0) is 62.7 Å². The first-order valence-corrected chi connectivity index (χ1v) is 18.0. The number of nitrogens with zero attached hydrogens (tertiary/aromatic N) is 5. The van der Waals surface area contributed by atoms with E-state index in [1.54, 1.807) is 11.3 Å². The summed E-state index contributed by atoms with van der Waals surface area (Å²) in [7, 11) is 0. The number of piperazine rings is 1. The zero-order valence-electron chi connectivity index (χ0n) is 28.0. The van der Waals surface area contributed by atoms with Crippen LogP contribution in [0.4, 0.5) is 5.82 Å². The number of aliphatic hydroxyl groups excluding tert-OH is 1. The van der Waals surface area contributed by atoms with Crippen LogP contribution in [0, 0.1) is 18.8 Å². The van der Waals surface area contributed by atoms with Gasteiger partial charge in [0.25, 0.3) is 0 Å². The third kappa shape index (κ3) is 7.72. The second kappa shape index (κ2) is 14.8. The molecule has 3 fully saturated rings. The lowest BCUT2D eigenvalue weighted by atomic mass is 9.91. The molecule has 0 unspecified atom stereocenters. The molecule has 0 spiro atoms. The van der Waals surface area contributed by atoms with Crippen molar-refractivity contribution in [2.24, 2.45) is 11.8 Å². The number of nitrogens with one attached hydrogen (secondary N) is 2. The number of anilines is 1. The van der Waals surface area contributed by atoms with Crippen molar-refractivity contribution >= 4 is 29.0 Å². The predicted molar refractivity (Wildman–Crippen MR) is 183 cm³/mol. The van der Waals surface area contributed by atoms with Crippen molar-refractivity contribution in [2.45, 2.75) is 71.1 Å². The number of rotatable bonds is 10. The second-order valence-electron chi connectivity index (χ2n) is 13.8. The van der Waals surface area contributed by atoms with Crippen LogP contribution < -0.4 is 15.5 Å². The third-order valence-corrected chi connectivity index (χ3v) is 11.0. The Hall–Kier alpha value is -3.32. The molecule has 5 atom stereocenters. The van der Waals surface area contributed by atoms with Crippen molar-refractivity contribution in [3.8, 4) is 10.4 Å². The van der Waals surface area contributed by atoms with Gasteiger partial charge in [-0.25, -0.2) is 4.98 Å². The van der Waals surface area contributed by atoms with E-state index in [0.29, 0.717) is 5.76 Å². The molecule has 3 N–H and O–H groups in total. The van der Waals surface area contributed by atoms with Gasteiger partial charge < -0.3 is 30.1 Å². The van der Waals surface area contributed by atoms with Gasteiger partial charge >= 0.3 is 0 Å². The van der Waals surface area contributed by atoms with Crippen LogP contribution in [0.2, 0.25) is 0 Å². The summed E-state index contributed by atoms with van der Waals surface area (Å²) in [6.07, 6.45) is 1.97. The van der Waals surface area contributed by atoms with Crippen molar-refractivity contribution in [3.63, 3.8) is 0 Å². The Morgan fingerprint density at radius 1 is 1.15 bits per heavy atom. The number of hydrogen-bond acceptors (Lipinski definition) is 10. The van der Waals surface area contributed by atoms with Crippen LogP contribution in [0.25, 0.3) is 10.4 Å². The number of hydrogen-bond donors (Lipinski definition) is 3. The summed E-state index contributed by atoms with van der Waals surface area (Å²) in [4.78, 5) is 39.5. The highest BCUT2D eigenvalue weighted by molar-refractivity contribution is 7.13. The van der Waals surface area contributed by atoms with Crippen molar-refractivity contribution in [3.05, 3.63) is 52.9 Å². The summed E-state index contributed by atoms with van der Waals surface area (Å²) in [6, 6.07) is 8.96. The van der Waals surface area contributed by atoms with Crippen molar-refractivity contribution in [1.29, 1.82) is 0 Å². The molecule has 5 heterocycles. The Bertz CT molecular complexity index is 1490. The molecule has 11 nitrogen and oxygen atoms in total. The van der Waals surface area contributed by atoms with Crippen LogP contribution in [0.1, 0.15) is 69.0 Å². The number of aromatic nitrogens is 2. The lowest BCUT2D eigenvalue weighted by Gasteiger charge is -2.37. The van der Waals surface area contributed by atoms with E-state index < -0.39 is 18.1 Å². The minimum absolute atomic E-state index is 0.0923. The quantitative estimate of drug-likeness (QED) is 0.297. The number of amides is 2. The number of piperidine rings is 1. The van der Waals surface area contributed by atoms with Crippen LogP contribution in [0.5, 0.6) is 0 Å². The van der Waals surface area contributed by atoms with Crippen LogP contribution in [0.3, 0.4) is 0 Å². The lowest BCUT2D eigenvalue weighted by molar-refractivity contribution is -0.141. The summed E-state index contributed by atoms with van der Waals surface area (Å²) < 4.78 is 5.83. The predicted octanol–water partition coefficient (Wildman–Crippen LogP) is 3.81. The van der Waals surface area contributed by atoms with Gasteiger partial charge in [-0.15, -0.1) is 11.3 Å². The minimum atomic E-state index is -0.772. The SMILES string of the molecule is Cc1ncsc1-c1ccc([C@H](C)NC(=O)[C@@H]2C[C@@H](O)CN2C(=O)[C@@H](c2cc(N3CCN(C[C@@H]4CCCNC4)CC3)no2)C(C)C)cc1. The van der Waals surface area contributed by atoms with Crippen LogP contribution in [-0.4, -0.2) is 101 Å². The first-order chi connectivity index (χ1) is 22.7. The highest BCUT2D eigenvalue weighted by atomic mass is 32.1. The maximum atomic E-state index is 14.1. The standard InChI is InChI=1S/C35H49N7O4S/c1-22(2)32(30-17-31(39-46-30)41-14-12-40(13-15-41)19-25-6-5-11-36-18-25)35(45)42-20-28(43)16-29(42)34(44)38-23(3)26-7-9-27(10-8-26)33-24(4)37-21-47-33/h7-10,17,21-23,25,28-29,32,36,43H,5-6,11-16,18-20H2,1-4H3,(H,38,44)/t23-,25+,28+,29-,32+/m0/s1. The van der Waals surface area contributed by atoms with E-state index in [9.17, 15) is 14.7 Å². The summed E-state index contributed by atoms with van der Waals surface area (Å²) in [5.74, 6) is 0.770. The van der Waals surface area contributed by atoms with Gasteiger partial charge in [-0.3, -0.25) is 14.5 Å². The largest absolute Gasteiger partial charge is 0.391 e. The summed E-state index contributed by atoms with van der Waals surface area (Å²) in [5.41, 5.74) is 4.89. The summed E-state index contributed by atoms with van der Waals surface area (Å²) in [5, 5.41) is 21.6. The number of benzene rings is 1. The highest BCUT2D eigenvalue weighted by Crippen LogP contribution is 2.33. The molecule has 12 heteroatoms. The molecule has 0 radical (unpaired) electrons. The monoisotopic (exact) mass is 663 g/mol. The van der Waals surface area contributed by atoms with Gasteiger partial charge in [0.2, 0.25) is 11.8 Å². The Kier molecular flexibility index (Phi) is 10.6. The molecule has 3 aliphatic rings. The maximum absolute atomic E-state index is 14.1. The Balaban J connectivity index is 1.08. The maximum Gasteiger partial charge on any atom is 0.243 e. The normalized spacial score (nSPS) is 23.7. The van der Waals surface area contributed by atoms with Gasteiger partial charge in [0.05, 0.1) is 28.2 Å². The fraction of sp³-hybridized carbons (Fsp3) is 0.600. The van der Waals surface area contributed by atoms with E-state index >= 15 is 0 Å². The smallest absolute Gasteiger partial charge is 0.243 e. The zero-order chi connectivity index (χ0) is 33.1. The van der Waals surface area contributed by atoms with Gasteiger partial charge in [0.1, 0.15) is 12.0 Å². The number of aliphatic hydroxyl groups is 1. The van der Waals surface area contributed by atoms with Crippen LogP contribution in [0.15, 0.2) is 40.4 Å². The van der Waals surface area contributed by atoms with Gasteiger partial charge in [0, 0.05) is 51.8 Å². The van der Waals surface area contributed by atoms with Crippen molar-refractivity contribution < 1.29 is 19.2 Å². The molecule has 0 saturated carbocycles. The Labute approximate surface area is 281 Å². The van der Waals surface area contributed by atoms with E-state index in [2.05, 4.69) is 30.6 Å². The second-order valence-corrected chi connectivity index (χ2v) is 14.7. The van der Waals surface area contributed by atoms with E-state index in [4.69, 9.17) is 4.52 Å². The summed E-state index contributed by atoms with van der Waals surface area (Å²) in [6.45, 7) is 15.0. The zero-order valence-corrected chi connectivity index (χ0v) is 28.8. The molecular formula is C35H49N7O4S. The fourth-order valence-corrected chi connectivity index (χ4v) is 8.11. The number of aryl methyl sites for hydroxylation is 1. The molecule has 0 bridgehead atoms. The molecule has 2 amide bonds. The highest BCUT2D eigenvalue weighted by Gasteiger charge is 2.43. The summed E-state index contributed by atoms with van der Waals surface area (Å²) >= 11 is 1.61. The minimum Gasteiger partial charge on any atom is -0.391 e. The first-order valence-electron chi connectivity index (χ1n) is 17.1. The van der Waals surface area contributed by atoms with E-state index in [-0.39, 0.29) is 36.7 Å². The molecular weight excluding hydrogens is 614 g/mol. The molecule has 3 saturated heterocycles. The number of likely N-dealkylation sites (tertiary alicyclic amines) is 1. The molecule has 0 aliphatic carbocycles. The molecule has 1 aromatic carbocycles. The van der Waals surface area contributed by atoms with Crippen molar-refractivity contribution in [2.75, 3.05) is 57.3 Å². The lowest BCUT2D eigenvalue weighted by Crippen LogP contribution is -2.49. The molecule has 3 aliphatic heterocycles. The van der Waals surface area contributed by atoms with E-state index in [1.165, 1.54) is 17.7 Å². The number of β-amino-alcohol motifs (C(OH)–C–C–N with tert-alkyl or cyclic N) is 1. The number of carbonyl (C=O) groups is 2.